The lowest BCUT2D eigenvalue weighted by Gasteiger charge is -2.40. The first-order chi connectivity index (χ1) is 9.13. The molecule has 2 heterocycles. The van der Waals surface area contributed by atoms with E-state index in [9.17, 15) is 0 Å². The summed E-state index contributed by atoms with van der Waals surface area (Å²) in [6.45, 7) is 6.23. The highest BCUT2D eigenvalue weighted by atomic mass is 16.5. The van der Waals surface area contributed by atoms with E-state index >= 15 is 0 Å². The smallest absolute Gasteiger partial charge is 0.137 e. The molecule has 1 unspecified atom stereocenters. The predicted molar refractivity (Wildman–Crippen MR) is 77.8 cm³/mol. The molecular weight excluding hydrogens is 240 g/mol. The van der Waals surface area contributed by atoms with Crippen molar-refractivity contribution >= 4 is 11.6 Å². The number of aromatic nitrogens is 2. The molecule has 19 heavy (non-hydrogen) atoms. The summed E-state index contributed by atoms with van der Waals surface area (Å²) in [6, 6.07) is 0. The lowest BCUT2D eigenvalue weighted by Crippen LogP contribution is -2.48. The molecule has 0 aromatic carbocycles. The van der Waals surface area contributed by atoms with Crippen LogP contribution < -0.4 is 10.2 Å². The average Bonchev–Trinajstić information content (AvgIpc) is 2.46. The van der Waals surface area contributed by atoms with Gasteiger partial charge in [0.15, 0.2) is 0 Å². The SMILES string of the molecule is CCc1c(NC)ncnc1N1CCCC(C)(OC)C1. The maximum atomic E-state index is 5.66. The fraction of sp³-hybridized carbons (Fsp3) is 0.714. The summed E-state index contributed by atoms with van der Waals surface area (Å²) in [5.74, 6) is 1.97. The largest absolute Gasteiger partial charge is 0.377 e. The summed E-state index contributed by atoms with van der Waals surface area (Å²) >= 11 is 0. The fourth-order valence-electron chi connectivity index (χ4n) is 2.77. The highest BCUT2D eigenvalue weighted by molar-refractivity contribution is 5.58. The molecule has 1 N–H and O–H groups in total. The average molecular weight is 264 g/mol. The van der Waals surface area contributed by atoms with E-state index in [0.717, 1.165) is 44.0 Å². The van der Waals surface area contributed by atoms with Crippen molar-refractivity contribution in [2.24, 2.45) is 0 Å². The number of nitrogens with zero attached hydrogens (tertiary/aromatic N) is 3. The minimum atomic E-state index is -0.0754. The first-order valence-electron chi connectivity index (χ1n) is 6.95. The zero-order valence-corrected chi connectivity index (χ0v) is 12.4. The fourth-order valence-corrected chi connectivity index (χ4v) is 2.77. The van der Waals surface area contributed by atoms with Crippen LogP contribution in [-0.4, -0.2) is 42.8 Å². The number of rotatable bonds is 4. The molecule has 1 fully saturated rings. The van der Waals surface area contributed by atoms with Crippen LogP contribution in [0.15, 0.2) is 6.33 Å². The van der Waals surface area contributed by atoms with Gasteiger partial charge in [0.05, 0.1) is 5.60 Å². The van der Waals surface area contributed by atoms with Crippen LogP contribution in [0.25, 0.3) is 0 Å². The van der Waals surface area contributed by atoms with Gasteiger partial charge in [-0.25, -0.2) is 9.97 Å². The van der Waals surface area contributed by atoms with Crippen molar-refractivity contribution in [1.82, 2.24) is 9.97 Å². The lowest BCUT2D eigenvalue weighted by atomic mass is 9.94. The Kier molecular flexibility index (Phi) is 4.24. The number of anilines is 2. The second-order valence-corrected chi connectivity index (χ2v) is 5.31. The minimum Gasteiger partial charge on any atom is -0.377 e. The van der Waals surface area contributed by atoms with Crippen molar-refractivity contribution in [3.8, 4) is 0 Å². The second kappa shape index (κ2) is 5.74. The van der Waals surface area contributed by atoms with E-state index in [-0.39, 0.29) is 5.60 Å². The Morgan fingerprint density at radius 2 is 2.26 bits per heavy atom. The molecule has 0 spiro atoms. The summed E-state index contributed by atoms with van der Waals surface area (Å²) in [5, 5.41) is 3.15. The molecule has 0 saturated carbocycles. The van der Waals surface area contributed by atoms with Gasteiger partial charge in [-0.2, -0.15) is 0 Å². The lowest BCUT2D eigenvalue weighted by molar-refractivity contribution is -0.00484. The number of piperidine rings is 1. The molecule has 0 radical (unpaired) electrons. The summed E-state index contributed by atoms with van der Waals surface area (Å²) < 4.78 is 5.66. The molecule has 1 saturated heterocycles. The van der Waals surface area contributed by atoms with E-state index in [4.69, 9.17) is 4.74 Å². The molecule has 5 nitrogen and oxygen atoms in total. The van der Waals surface area contributed by atoms with Gasteiger partial charge in [0.25, 0.3) is 0 Å². The molecule has 1 aromatic rings. The quantitative estimate of drug-likeness (QED) is 0.902. The van der Waals surface area contributed by atoms with Crippen LogP contribution in [0, 0.1) is 0 Å². The predicted octanol–water partition coefficient (Wildman–Crippen LogP) is 2.09. The highest BCUT2D eigenvalue weighted by Crippen LogP contribution is 2.30. The summed E-state index contributed by atoms with van der Waals surface area (Å²) in [4.78, 5) is 11.1. The molecule has 2 rings (SSSR count). The summed E-state index contributed by atoms with van der Waals surface area (Å²) in [7, 11) is 3.70. The van der Waals surface area contributed by atoms with Crippen LogP contribution in [0.2, 0.25) is 0 Å². The van der Waals surface area contributed by atoms with Crippen molar-refractivity contribution in [2.75, 3.05) is 37.5 Å². The van der Waals surface area contributed by atoms with Gasteiger partial charge >= 0.3 is 0 Å². The van der Waals surface area contributed by atoms with Crippen LogP contribution in [0.4, 0.5) is 11.6 Å². The molecule has 1 aliphatic rings. The van der Waals surface area contributed by atoms with E-state index < -0.39 is 0 Å². The van der Waals surface area contributed by atoms with Crippen LogP contribution in [0.1, 0.15) is 32.3 Å². The normalized spacial score (nSPS) is 23.5. The Hall–Kier alpha value is -1.36. The van der Waals surface area contributed by atoms with Crippen LogP contribution in [0.3, 0.4) is 0 Å². The van der Waals surface area contributed by atoms with Gasteiger partial charge in [-0.1, -0.05) is 6.92 Å². The van der Waals surface area contributed by atoms with Crippen molar-refractivity contribution in [2.45, 2.75) is 38.7 Å². The number of hydrogen-bond acceptors (Lipinski definition) is 5. The Morgan fingerprint density at radius 3 is 2.89 bits per heavy atom. The first-order valence-corrected chi connectivity index (χ1v) is 6.95. The summed E-state index contributed by atoms with van der Waals surface area (Å²) in [5.41, 5.74) is 1.11. The standard InChI is InChI=1S/C14H24N4O/c1-5-11-12(15-3)16-10-17-13(11)18-8-6-7-14(2,9-18)19-4/h10H,5-9H2,1-4H3,(H,15,16,17). The number of ether oxygens (including phenoxy) is 1. The van der Waals surface area contributed by atoms with Crippen LogP contribution >= 0.6 is 0 Å². The monoisotopic (exact) mass is 264 g/mol. The van der Waals surface area contributed by atoms with Crippen molar-refractivity contribution in [3.63, 3.8) is 0 Å². The van der Waals surface area contributed by atoms with Crippen LogP contribution in [-0.2, 0) is 11.2 Å². The Morgan fingerprint density at radius 1 is 1.47 bits per heavy atom. The molecule has 1 atom stereocenters. The zero-order chi connectivity index (χ0) is 13.9. The maximum Gasteiger partial charge on any atom is 0.137 e. The number of hydrogen-bond donors (Lipinski definition) is 1. The van der Waals surface area contributed by atoms with E-state index in [2.05, 4.69) is 34.0 Å². The zero-order valence-electron chi connectivity index (χ0n) is 12.4. The number of methoxy groups -OCH3 is 1. The molecule has 1 aromatic heterocycles. The molecule has 5 heteroatoms. The summed E-state index contributed by atoms with van der Waals surface area (Å²) in [6.07, 6.45) is 4.80. The molecule has 0 bridgehead atoms. The van der Waals surface area contributed by atoms with Gasteiger partial charge in [0.2, 0.25) is 0 Å². The van der Waals surface area contributed by atoms with Crippen LogP contribution in [0.5, 0.6) is 0 Å². The Labute approximate surface area is 115 Å². The second-order valence-electron chi connectivity index (χ2n) is 5.31. The van der Waals surface area contributed by atoms with E-state index in [1.165, 1.54) is 5.56 Å². The topological polar surface area (TPSA) is 50.3 Å². The minimum absolute atomic E-state index is 0.0754. The van der Waals surface area contributed by atoms with E-state index in [1.807, 2.05) is 7.05 Å². The van der Waals surface area contributed by atoms with E-state index in [0.29, 0.717) is 0 Å². The van der Waals surface area contributed by atoms with E-state index in [1.54, 1.807) is 13.4 Å². The highest BCUT2D eigenvalue weighted by Gasteiger charge is 2.32. The molecule has 0 aliphatic carbocycles. The number of nitrogens with one attached hydrogen (secondary N) is 1. The van der Waals surface area contributed by atoms with Crippen molar-refractivity contribution < 1.29 is 4.74 Å². The molecule has 106 valence electrons. The maximum absolute atomic E-state index is 5.66. The Balaban J connectivity index is 2.31. The Bertz CT molecular complexity index is 437. The molecule has 0 amide bonds. The molecule has 1 aliphatic heterocycles. The van der Waals surface area contributed by atoms with Gasteiger partial charge in [-0.15, -0.1) is 0 Å². The van der Waals surface area contributed by atoms with Gasteiger partial charge in [0.1, 0.15) is 18.0 Å². The third kappa shape index (κ3) is 2.81. The van der Waals surface area contributed by atoms with Gasteiger partial charge in [-0.05, 0) is 26.2 Å². The van der Waals surface area contributed by atoms with Gasteiger partial charge in [-0.3, -0.25) is 0 Å². The van der Waals surface area contributed by atoms with Crippen molar-refractivity contribution in [1.29, 1.82) is 0 Å². The molecular formula is C14H24N4O. The third-order valence-corrected chi connectivity index (χ3v) is 3.96. The third-order valence-electron chi connectivity index (χ3n) is 3.96. The van der Waals surface area contributed by atoms with Gasteiger partial charge < -0.3 is 15.0 Å². The first kappa shape index (κ1) is 14.1. The van der Waals surface area contributed by atoms with Crippen molar-refractivity contribution in [3.05, 3.63) is 11.9 Å². The van der Waals surface area contributed by atoms with Gasteiger partial charge in [0, 0.05) is 32.8 Å².